The standard InChI is InChI=1S/C19H31N3O3/c1-19(2,3)18(24)20-11-10-17(23)21-13-16(22(4)5)14-8-7-9-15(12-14)25-6/h7-9,12,16H,10-11,13H2,1-6H3,(H,20,24)(H,21,23). The van der Waals surface area contributed by atoms with Crippen molar-refractivity contribution < 1.29 is 14.3 Å². The molecule has 0 radical (unpaired) electrons. The van der Waals surface area contributed by atoms with E-state index in [-0.39, 0.29) is 24.3 Å². The van der Waals surface area contributed by atoms with E-state index in [2.05, 4.69) is 15.5 Å². The van der Waals surface area contributed by atoms with Crippen molar-refractivity contribution >= 4 is 11.8 Å². The number of hydrogen-bond donors (Lipinski definition) is 2. The molecule has 2 amide bonds. The average molecular weight is 349 g/mol. The third-order valence-electron chi connectivity index (χ3n) is 3.91. The van der Waals surface area contributed by atoms with Crippen molar-refractivity contribution in [2.45, 2.75) is 33.2 Å². The number of nitrogens with one attached hydrogen (secondary N) is 2. The van der Waals surface area contributed by atoms with E-state index in [0.29, 0.717) is 13.1 Å². The van der Waals surface area contributed by atoms with Gasteiger partial charge in [0.1, 0.15) is 5.75 Å². The third kappa shape index (κ3) is 7.13. The summed E-state index contributed by atoms with van der Waals surface area (Å²) in [6, 6.07) is 7.87. The van der Waals surface area contributed by atoms with Gasteiger partial charge in [0.15, 0.2) is 0 Å². The number of likely N-dealkylation sites (N-methyl/N-ethyl adjacent to an activating group) is 1. The zero-order valence-electron chi connectivity index (χ0n) is 16.2. The highest BCUT2D eigenvalue weighted by atomic mass is 16.5. The minimum absolute atomic E-state index is 0.0446. The van der Waals surface area contributed by atoms with Gasteiger partial charge in [0, 0.05) is 24.9 Å². The summed E-state index contributed by atoms with van der Waals surface area (Å²) in [5.74, 6) is 0.660. The molecule has 0 aliphatic carbocycles. The van der Waals surface area contributed by atoms with Crippen molar-refractivity contribution in [1.82, 2.24) is 15.5 Å². The van der Waals surface area contributed by atoms with Gasteiger partial charge in [0.25, 0.3) is 0 Å². The lowest BCUT2D eigenvalue weighted by atomic mass is 9.96. The van der Waals surface area contributed by atoms with E-state index in [1.165, 1.54) is 0 Å². The Morgan fingerprint density at radius 2 is 1.88 bits per heavy atom. The number of carbonyl (C=O) groups is 2. The van der Waals surface area contributed by atoms with Crippen molar-refractivity contribution in [2.75, 3.05) is 34.3 Å². The second-order valence-electron chi connectivity index (χ2n) is 7.32. The minimum Gasteiger partial charge on any atom is -0.497 e. The molecule has 1 rings (SSSR count). The van der Waals surface area contributed by atoms with Crippen LogP contribution in [0.1, 0.15) is 38.8 Å². The van der Waals surface area contributed by atoms with Crippen LogP contribution >= 0.6 is 0 Å². The molecule has 6 heteroatoms. The van der Waals surface area contributed by atoms with Crippen molar-refractivity contribution in [2.24, 2.45) is 5.41 Å². The van der Waals surface area contributed by atoms with Crippen LogP contribution in [0.3, 0.4) is 0 Å². The molecule has 0 saturated carbocycles. The molecular formula is C19H31N3O3. The summed E-state index contributed by atoms with van der Waals surface area (Å²) < 4.78 is 5.27. The fourth-order valence-electron chi connectivity index (χ4n) is 2.30. The highest BCUT2D eigenvalue weighted by Gasteiger charge is 2.21. The molecule has 140 valence electrons. The molecule has 0 aromatic heterocycles. The van der Waals surface area contributed by atoms with Crippen LogP contribution in [0.2, 0.25) is 0 Å². The number of nitrogens with zero attached hydrogens (tertiary/aromatic N) is 1. The first-order valence-corrected chi connectivity index (χ1v) is 8.50. The molecular weight excluding hydrogens is 318 g/mol. The van der Waals surface area contributed by atoms with Gasteiger partial charge in [-0.3, -0.25) is 9.59 Å². The monoisotopic (exact) mass is 349 g/mol. The van der Waals surface area contributed by atoms with Crippen LogP contribution in [-0.4, -0.2) is 51.0 Å². The minimum atomic E-state index is -0.446. The molecule has 0 bridgehead atoms. The Bertz CT molecular complexity index is 580. The molecule has 0 fully saturated rings. The lowest BCUT2D eigenvalue weighted by molar-refractivity contribution is -0.128. The SMILES string of the molecule is COc1cccc(C(CNC(=O)CCNC(=O)C(C)(C)C)N(C)C)c1. The van der Waals surface area contributed by atoms with Gasteiger partial charge in [-0.15, -0.1) is 0 Å². The Kier molecular flexibility index (Phi) is 7.90. The first-order valence-electron chi connectivity index (χ1n) is 8.50. The Hall–Kier alpha value is -2.08. The lowest BCUT2D eigenvalue weighted by Crippen LogP contribution is -2.39. The lowest BCUT2D eigenvalue weighted by Gasteiger charge is -2.25. The molecule has 1 atom stereocenters. The normalized spacial score (nSPS) is 12.6. The smallest absolute Gasteiger partial charge is 0.225 e. The zero-order chi connectivity index (χ0) is 19.0. The Labute approximate surface area is 150 Å². The number of ether oxygens (including phenoxy) is 1. The molecule has 0 aliphatic heterocycles. The van der Waals surface area contributed by atoms with Gasteiger partial charge in [-0.25, -0.2) is 0 Å². The molecule has 0 heterocycles. The van der Waals surface area contributed by atoms with Crippen LogP contribution in [0.25, 0.3) is 0 Å². The number of rotatable bonds is 8. The summed E-state index contributed by atoms with van der Waals surface area (Å²) in [5, 5.41) is 5.72. The van der Waals surface area contributed by atoms with Crippen LogP contribution in [-0.2, 0) is 9.59 Å². The zero-order valence-corrected chi connectivity index (χ0v) is 16.2. The number of methoxy groups -OCH3 is 1. The highest BCUT2D eigenvalue weighted by Crippen LogP contribution is 2.22. The summed E-state index contributed by atoms with van der Waals surface area (Å²) in [6.45, 7) is 6.37. The second-order valence-corrected chi connectivity index (χ2v) is 7.32. The van der Waals surface area contributed by atoms with E-state index in [4.69, 9.17) is 4.74 Å². The van der Waals surface area contributed by atoms with Crippen LogP contribution in [0, 0.1) is 5.41 Å². The number of hydrogen-bond acceptors (Lipinski definition) is 4. The number of amides is 2. The van der Waals surface area contributed by atoms with Crippen molar-refractivity contribution in [1.29, 1.82) is 0 Å². The molecule has 25 heavy (non-hydrogen) atoms. The van der Waals surface area contributed by atoms with Crippen LogP contribution in [0.4, 0.5) is 0 Å². The predicted molar refractivity (Wildman–Crippen MR) is 99.5 cm³/mol. The predicted octanol–water partition coefficient (Wildman–Crippen LogP) is 1.97. The maximum atomic E-state index is 12.1. The van der Waals surface area contributed by atoms with Gasteiger partial charge < -0.3 is 20.3 Å². The second kappa shape index (κ2) is 9.42. The quantitative estimate of drug-likeness (QED) is 0.753. The van der Waals surface area contributed by atoms with Gasteiger partial charge in [-0.2, -0.15) is 0 Å². The summed E-state index contributed by atoms with van der Waals surface area (Å²) in [7, 11) is 5.58. The maximum Gasteiger partial charge on any atom is 0.225 e. The maximum absolute atomic E-state index is 12.1. The first-order chi connectivity index (χ1) is 11.6. The van der Waals surface area contributed by atoms with Gasteiger partial charge in [-0.1, -0.05) is 32.9 Å². The van der Waals surface area contributed by atoms with Crippen molar-refractivity contribution in [3.05, 3.63) is 29.8 Å². The largest absolute Gasteiger partial charge is 0.497 e. The van der Waals surface area contributed by atoms with Gasteiger partial charge in [-0.05, 0) is 31.8 Å². The summed E-state index contributed by atoms with van der Waals surface area (Å²) in [4.78, 5) is 25.9. The molecule has 0 spiro atoms. The number of carbonyl (C=O) groups excluding carboxylic acids is 2. The Morgan fingerprint density at radius 3 is 2.44 bits per heavy atom. The fraction of sp³-hybridized carbons (Fsp3) is 0.579. The molecule has 0 saturated heterocycles. The Morgan fingerprint density at radius 1 is 1.20 bits per heavy atom. The van der Waals surface area contributed by atoms with E-state index in [1.54, 1.807) is 7.11 Å². The molecule has 6 nitrogen and oxygen atoms in total. The van der Waals surface area contributed by atoms with Crippen LogP contribution in [0.5, 0.6) is 5.75 Å². The molecule has 1 unspecified atom stereocenters. The Balaban J connectivity index is 2.52. The van der Waals surface area contributed by atoms with E-state index in [9.17, 15) is 9.59 Å². The van der Waals surface area contributed by atoms with Crippen LogP contribution < -0.4 is 15.4 Å². The summed E-state index contributed by atoms with van der Waals surface area (Å²) in [6.07, 6.45) is 0.264. The first kappa shape index (κ1) is 21.0. The molecule has 0 aliphatic rings. The third-order valence-corrected chi connectivity index (χ3v) is 3.91. The van der Waals surface area contributed by atoms with E-state index in [1.807, 2.05) is 59.1 Å². The molecule has 1 aromatic carbocycles. The van der Waals surface area contributed by atoms with E-state index < -0.39 is 5.41 Å². The number of benzene rings is 1. The van der Waals surface area contributed by atoms with Gasteiger partial charge in [0.2, 0.25) is 11.8 Å². The topological polar surface area (TPSA) is 70.7 Å². The molecule has 1 aromatic rings. The van der Waals surface area contributed by atoms with Crippen molar-refractivity contribution in [3.63, 3.8) is 0 Å². The fourth-order valence-corrected chi connectivity index (χ4v) is 2.30. The van der Waals surface area contributed by atoms with Gasteiger partial charge in [0.05, 0.1) is 13.2 Å². The van der Waals surface area contributed by atoms with Gasteiger partial charge >= 0.3 is 0 Å². The highest BCUT2D eigenvalue weighted by molar-refractivity contribution is 5.82. The molecule has 2 N–H and O–H groups in total. The summed E-state index contributed by atoms with van der Waals surface area (Å²) in [5.41, 5.74) is 0.629. The van der Waals surface area contributed by atoms with Crippen molar-refractivity contribution in [3.8, 4) is 5.75 Å². The van der Waals surface area contributed by atoms with E-state index >= 15 is 0 Å². The van der Waals surface area contributed by atoms with Crippen LogP contribution in [0.15, 0.2) is 24.3 Å². The van der Waals surface area contributed by atoms with E-state index in [0.717, 1.165) is 11.3 Å². The average Bonchev–Trinajstić information content (AvgIpc) is 2.54. The summed E-state index contributed by atoms with van der Waals surface area (Å²) >= 11 is 0.